The van der Waals surface area contributed by atoms with Crippen molar-refractivity contribution in [2.45, 2.75) is 76.9 Å². The molecule has 0 amide bonds. The number of nitrogens with two attached hydrogens (primary N) is 1. The summed E-state index contributed by atoms with van der Waals surface area (Å²) in [5.41, 5.74) is 6.63. The van der Waals surface area contributed by atoms with Gasteiger partial charge in [-0.25, -0.2) is 4.98 Å². The monoisotopic (exact) mass is 634 g/mol. The van der Waals surface area contributed by atoms with Crippen molar-refractivity contribution in [1.29, 1.82) is 0 Å². The van der Waals surface area contributed by atoms with E-state index in [1.807, 2.05) is 41.6 Å². The number of anilines is 1. The van der Waals surface area contributed by atoms with Gasteiger partial charge in [0.15, 0.2) is 11.2 Å². The second-order valence-corrected chi connectivity index (χ2v) is 14.9. The molecule has 2 aromatic heterocycles. The van der Waals surface area contributed by atoms with Gasteiger partial charge in [0.2, 0.25) is 18.3 Å². The number of esters is 1. The molecule has 12 nitrogen and oxygen atoms in total. The van der Waals surface area contributed by atoms with E-state index in [1.165, 1.54) is 19.3 Å². The average Bonchev–Trinajstić information content (AvgIpc) is 3.59. The van der Waals surface area contributed by atoms with Crippen molar-refractivity contribution in [3.8, 4) is 11.6 Å². The normalized spacial score (nSPS) is 22.6. The molecule has 1 saturated carbocycles. The molecule has 1 saturated heterocycles. The number of hydrogen-bond acceptors (Lipinski definition) is 12. The highest BCUT2D eigenvalue weighted by Gasteiger charge is 2.36. The summed E-state index contributed by atoms with van der Waals surface area (Å²) in [6, 6.07) is 9.01. The van der Waals surface area contributed by atoms with Gasteiger partial charge in [-0.05, 0) is 63.0 Å². The maximum absolute atomic E-state index is 11.1. The van der Waals surface area contributed by atoms with Crippen molar-refractivity contribution in [2.24, 2.45) is 11.7 Å². The number of carbonyl (C=O) groups excluding carboxylic acids is 1. The second kappa shape index (κ2) is 15.3. The molecule has 14 heteroatoms. The number of benzene rings is 1. The standard InChI is InChI=1S/C20H26N5O4PS.C9H17NO2/c1-13-10-15(11-27-30(4,31)29-14-8-6-5-7-9-14)28-19(13)25-12-22-16-17(25)23-20(21-2)24-18(16)26-3;1-7(10)9(11)12-8-5-3-2-4-6-8/h5-9,12-13,15,19H,10-11H2,1-4H3,(H,21,23,24);7-8H,2-6,10H2,1H3/t13-,15-,19+,30?;7-/m00/s1. The van der Waals surface area contributed by atoms with E-state index in [9.17, 15) is 4.79 Å². The van der Waals surface area contributed by atoms with Crippen molar-refractivity contribution in [3.05, 3.63) is 36.7 Å². The van der Waals surface area contributed by atoms with Crippen LogP contribution in [0.2, 0.25) is 0 Å². The van der Waals surface area contributed by atoms with Gasteiger partial charge in [-0.15, -0.1) is 0 Å². The fraction of sp³-hybridized carbons (Fsp3) is 0.586. The summed E-state index contributed by atoms with van der Waals surface area (Å²) in [6.45, 7) is 3.55. The van der Waals surface area contributed by atoms with Gasteiger partial charge in [0.05, 0.1) is 26.1 Å². The summed E-state index contributed by atoms with van der Waals surface area (Å²) in [4.78, 5) is 24.4. The fourth-order valence-electron chi connectivity index (χ4n) is 5.07. The number of ether oxygens (including phenoxy) is 3. The van der Waals surface area contributed by atoms with Gasteiger partial charge in [0, 0.05) is 19.6 Å². The molecule has 3 N–H and O–H groups in total. The predicted octanol–water partition coefficient (Wildman–Crippen LogP) is 5.04. The van der Waals surface area contributed by atoms with Gasteiger partial charge < -0.3 is 34.3 Å². The van der Waals surface area contributed by atoms with Gasteiger partial charge in [0.1, 0.15) is 24.1 Å². The highest BCUT2D eigenvalue weighted by atomic mass is 32.5. The van der Waals surface area contributed by atoms with Crippen molar-refractivity contribution in [2.75, 3.05) is 32.7 Å². The molecule has 1 aliphatic carbocycles. The summed E-state index contributed by atoms with van der Waals surface area (Å²) in [7, 11) is 3.32. The predicted molar refractivity (Wildman–Crippen MR) is 169 cm³/mol. The van der Waals surface area contributed by atoms with Crippen molar-refractivity contribution in [1.82, 2.24) is 19.5 Å². The minimum absolute atomic E-state index is 0.105. The van der Waals surface area contributed by atoms with E-state index in [1.54, 1.807) is 27.4 Å². The molecule has 3 aromatic rings. The number of carbonyl (C=O) groups is 1. The lowest BCUT2D eigenvalue weighted by Gasteiger charge is -2.22. The zero-order chi connectivity index (χ0) is 31.0. The summed E-state index contributed by atoms with van der Waals surface area (Å²) >= 11 is 5.58. The maximum Gasteiger partial charge on any atom is 0.322 e. The zero-order valence-corrected chi connectivity index (χ0v) is 27.2. The molecule has 1 unspecified atom stereocenters. The Labute approximate surface area is 258 Å². The van der Waals surface area contributed by atoms with Gasteiger partial charge in [0.25, 0.3) is 0 Å². The van der Waals surface area contributed by atoms with Crippen molar-refractivity contribution >= 4 is 41.4 Å². The van der Waals surface area contributed by atoms with Gasteiger partial charge in [-0.3, -0.25) is 9.36 Å². The number of fused-ring (bicyclic) bond motifs is 1. The number of aromatic nitrogens is 4. The van der Waals surface area contributed by atoms with E-state index in [-0.39, 0.29) is 30.3 Å². The third kappa shape index (κ3) is 9.09. The first kappa shape index (κ1) is 33.1. The molecule has 1 aromatic carbocycles. The molecular weight excluding hydrogens is 591 g/mol. The van der Waals surface area contributed by atoms with Crippen LogP contribution < -0.4 is 20.3 Å². The molecule has 5 rings (SSSR count). The maximum atomic E-state index is 11.1. The molecular formula is C29H43N6O6PS. The Morgan fingerprint density at radius 3 is 2.60 bits per heavy atom. The first-order valence-electron chi connectivity index (χ1n) is 14.6. The molecule has 0 spiro atoms. The molecule has 0 radical (unpaired) electrons. The summed E-state index contributed by atoms with van der Waals surface area (Å²) in [6.07, 6.45) is 7.99. The fourth-order valence-corrected chi connectivity index (χ4v) is 6.50. The van der Waals surface area contributed by atoms with Crippen LogP contribution in [0.1, 0.15) is 58.6 Å². The lowest BCUT2D eigenvalue weighted by molar-refractivity contribution is -0.151. The molecule has 3 heterocycles. The Kier molecular flexibility index (Phi) is 11.7. The molecule has 236 valence electrons. The summed E-state index contributed by atoms with van der Waals surface area (Å²) < 4.78 is 30.7. The largest absolute Gasteiger partial charge is 0.479 e. The number of para-hydroxylation sites is 1. The minimum Gasteiger partial charge on any atom is -0.479 e. The number of methoxy groups -OCH3 is 1. The van der Waals surface area contributed by atoms with Gasteiger partial charge in [-0.2, -0.15) is 9.97 Å². The number of rotatable bonds is 10. The minimum atomic E-state index is -2.44. The van der Waals surface area contributed by atoms with Crippen LogP contribution >= 0.6 is 6.49 Å². The first-order chi connectivity index (χ1) is 20.6. The van der Waals surface area contributed by atoms with Crippen molar-refractivity contribution in [3.63, 3.8) is 0 Å². The Balaban J connectivity index is 0.000000296. The molecule has 2 fully saturated rings. The van der Waals surface area contributed by atoms with Crippen LogP contribution in [0.3, 0.4) is 0 Å². The number of nitrogens with zero attached hydrogens (tertiary/aromatic N) is 4. The Morgan fingerprint density at radius 1 is 1.23 bits per heavy atom. The van der Waals surface area contributed by atoms with Gasteiger partial charge >= 0.3 is 5.97 Å². The Bertz CT molecular complexity index is 1390. The molecule has 2 aliphatic rings. The topological polar surface area (TPSA) is 145 Å². The zero-order valence-electron chi connectivity index (χ0n) is 25.5. The first-order valence-corrected chi connectivity index (χ1v) is 17.7. The number of imidazole rings is 1. The highest BCUT2D eigenvalue weighted by molar-refractivity contribution is 8.09. The van der Waals surface area contributed by atoms with Crippen molar-refractivity contribution < 1.29 is 28.1 Å². The molecule has 43 heavy (non-hydrogen) atoms. The number of hydrogen-bond donors (Lipinski definition) is 2. The molecule has 0 bridgehead atoms. The third-order valence-corrected chi connectivity index (χ3v) is 8.95. The molecule has 5 atom stereocenters. The summed E-state index contributed by atoms with van der Waals surface area (Å²) in [5, 5.41) is 2.95. The van der Waals surface area contributed by atoms with E-state index in [0.717, 1.165) is 19.3 Å². The van der Waals surface area contributed by atoms with Gasteiger partial charge in [-0.1, -0.05) is 31.5 Å². The third-order valence-electron chi connectivity index (χ3n) is 7.25. The van der Waals surface area contributed by atoms with Crippen LogP contribution in [0, 0.1) is 5.92 Å². The van der Waals surface area contributed by atoms with E-state index in [0.29, 0.717) is 35.3 Å². The SMILES string of the molecule is CNc1nc(OC)c2ncn([C@@H]3O[C@H](COP(C)(=S)Oc4ccccc4)C[C@@H]3C)c2n1.C[C@H](N)C(=O)OC1CCCCC1. The van der Waals surface area contributed by atoms with Crippen LogP contribution in [0.15, 0.2) is 36.7 Å². The Hall–Kier alpha value is -2.83. The van der Waals surface area contributed by atoms with E-state index < -0.39 is 12.5 Å². The Morgan fingerprint density at radius 2 is 1.95 bits per heavy atom. The highest BCUT2D eigenvalue weighted by Crippen LogP contribution is 2.46. The lowest BCUT2D eigenvalue weighted by atomic mass is 9.98. The summed E-state index contributed by atoms with van der Waals surface area (Å²) in [5.74, 6) is 1.56. The van der Waals surface area contributed by atoms with E-state index in [4.69, 9.17) is 40.8 Å². The number of nitrogens with one attached hydrogen (secondary N) is 1. The average molecular weight is 635 g/mol. The molecule has 1 aliphatic heterocycles. The van der Waals surface area contributed by atoms with E-state index in [2.05, 4.69) is 27.2 Å². The second-order valence-electron chi connectivity index (χ2n) is 10.9. The van der Waals surface area contributed by atoms with Crippen LogP contribution in [0.5, 0.6) is 11.6 Å². The van der Waals surface area contributed by atoms with Crippen LogP contribution in [0.25, 0.3) is 11.2 Å². The van der Waals surface area contributed by atoms with Crippen LogP contribution in [-0.4, -0.2) is 71.2 Å². The quantitative estimate of drug-likeness (QED) is 0.228. The van der Waals surface area contributed by atoms with Crippen LogP contribution in [0.4, 0.5) is 5.95 Å². The van der Waals surface area contributed by atoms with Crippen LogP contribution in [-0.2, 0) is 30.6 Å². The lowest BCUT2D eigenvalue weighted by Crippen LogP contribution is -2.32. The van der Waals surface area contributed by atoms with E-state index >= 15 is 0 Å². The smallest absolute Gasteiger partial charge is 0.322 e.